The molecule has 0 aliphatic carbocycles. The van der Waals surface area contributed by atoms with Crippen LogP contribution in [0.2, 0.25) is 0 Å². The van der Waals surface area contributed by atoms with E-state index in [2.05, 4.69) is 0 Å². The highest BCUT2D eigenvalue weighted by molar-refractivity contribution is 5.84. The fourth-order valence-electron chi connectivity index (χ4n) is 3.71. The van der Waals surface area contributed by atoms with Crippen molar-refractivity contribution in [3.8, 4) is 28.4 Å². The molecule has 0 saturated carbocycles. The maximum atomic E-state index is 13.9. The van der Waals surface area contributed by atoms with Crippen LogP contribution in [0.3, 0.4) is 0 Å². The molecule has 0 aliphatic rings. The monoisotopic (exact) mass is 522 g/mol. The molecule has 0 spiro atoms. The van der Waals surface area contributed by atoms with Crippen molar-refractivity contribution in [2.45, 2.75) is 12.8 Å². The van der Waals surface area contributed by atoms with Crippen LogP contribution >= 0.6 is 0 Å². The summed E-state index contributed by atoms with van der Waals surface area (Å²) in [4.78, 5) is 24.0. The first-order valence-electron chi connectivity index (χ1n) is 11.2. The minimum absolute atomic E-state index is 0.0287. The Morgan fingerprint density at radius 2 is 1.53 bits per heavy atom. The lowest BCUT2D eigenvalue weighted by atomic mass is 10.1. The number of hydrogen-bond acceptors (Lipinski definition) is 6. The molecule has 3 aromatic carbocycles. The summed E-state index contributed by atoms with van der Waals surface area (Å²) >= 11 is 0. The number of fused-ring (bicyclic) bond motifs is 1. The summed E-state index contributed by atoms with van der Waals surface area (Å²) in [5.74, 6) is -3.83. The Morgan fingerprint density at radius 3 is 2.18 bits per heavy atom. The number of rotatable bonds is 7. The fourth-order valence-corrected chi connectivity index (χ4v) is 3.71. The van der Waals surface area contributed by atoms with Crippen LogP contribution in [-0.4, -0.2) is 11.1 Å². The van der Waals surface area contributed by atoms with E-state index in [0.717, 1.165) is 17.2 Å². The zero-order valence-corrected chi connectivity index (χ0v) is 19.3. The molecule has 0 fully saturated rings. The first-order chi connectivity index (χ1) is 18.2. The number of halogens is 3. The molecule has 0 bridgehead atoms. The molecule has 0 atom stereocenters. The zero-order valence-electron chi connectivity index (χ0n) is 19.3. The van der Waals surface area contributed by atoms with E-state index < -0.39 is 29.1 Å². The summed E-state index contributed by atoms with van der Waals surface area (Å²) in [6.45, 7) is -0.199. The third-order valence-corrected chi connectivity index (χ3v) is 5.51. The number of aromatic carboxylic acids is 1. The number of benzene rings is 3. The topological polar surface area (TPSA) is 99.1 Å². The van der Waals surface area contributed by atoms with E-state index in [9.17, 15) is 22.8 Å². The van der Waals surface area contributed by atoms with Gasteiger partial charge in [0.25, 0.3) is 5.76 Å². The second kappa shape index (κ2) is 9.81. The van der Waals surface area contributed by atoms with Gasteiger partial charge in [0.05, 0.1) is 5.39 Å². The molecule has 0 amide bonds. The lowest BCUT2D eigenvalue weighted by Crippen LogP contribution is -2.15. The Bertz CT molecular complexity index is 1670. The smallest absolute Gasteiger partial charge is 0.453 e. The van der Waals surface area contributed by atoms with Crippen molar-refractivity contribution >= 4 is 16.9 Å². The molecule has 7 nitrogen and oxygen atoms in total. The molecular formula is C28H17F3O7. The van der Waals surface area contributed by atoms with Crippen LogP contribution in [0.1, 0.15) is 22.1 Å². The Balaban J connectivity index is 1.44. The SMILES string of the molecule is O=C(O)c1ccc(COc2ccc3c(=O)c(Oc4ccc(-c5ccccc5)cc4)c(C(F)(F)F)oc3c2)o1. The highest BCUT2D eigenvalue weighted by atomic mass is 19.4. The third kappa shape index (κ3) is 5.10. The summed E-state index contributed by atoms with van der Waals surface area (Å²) in [6.07, 6.45) is -5.02. The van der Waals surface area contributed by atoms with E-state index in [-0.39, 0.29) is 40.6 Å². The molecule has 1 N–H and O–H groups in total. The third-order valence-electron chi connectivity index (χ3n) is 5.51. The van der Waals surface area contributed by atoms with Crippen molar-refractivity contribution in [2.75, 3.05) is 0 Å². The molecule has 2 heterocycles. The van der Waals surface area contributed by atoms with Gasteiger partial charge in [0, 0.05) is 6.07 Å². The van der Waals surface area contributed by atoms with Crippen molar-refractivity contribution in [1.29, 1.82) is 0 Å². The van der Waals surface area contributed by atoms with Crippen molar-refractivity contribution in [2.24, 2.45) is 0 Å². The summed E-state index contributed by atoms with van der Waals surface area (Å²) in [5.41, 5.74) is 0.361. The van der Waals surface area contributed by atoms with Crippen molar-refractivity contribution in [3.63, 3.8) is 0 Å². The minimum Gasteiger partial charge on any atom is -0.486 e. The molecule has 0 radical (unpaired) electrons. The van der Waals surface area contributed by atoms with Crippen LogP contribution in [0.15, 0.2) is 98.6 Å². The average Bonchev–Trinajstić information content (AvgIpc) is 3.39. The van der Waals surface area contributed by atoms with Gasteiger partial charge in [-0.1, -0.05) is 42.5 Å². The summed E-state index contributed by atoms with van der Waals surface area (Å²) in [5, 5.41) is 8.77. The Morgan fingerprint density at radius 1 is 0.842 bits per heavy atom. The average molecular weight is 522 g/mol. The molecule has 10 heteroatoms. The van der Waals surface area contributed by atoms with E-state index in [0.29, 0.717) is 0 Å². The van der Waals surface area contributed by atoms with Gasteiger partial charge in [0.2, 0.25) is 16.9 Å². The second-order valence-corrected chi connectivity index (χ2v) is 8.10. The molecule has 0 saturated heterocycles. The predicted molar refractivity (Wildman–Crippen MR) is 129 cm³/mol. The van der Waals surface area contributed by atoms with E-state index in [1.54, 1.807) is 12.1 Å². The van der Waals surface area contributed by atoms with E-state index in [1.165, 1.54) is 36.4 Å². The predicted octanol–water partition coefficient (Wildman–Crippen LogP) is 7.14. The van der Waals surface area contributed by atoms with E-state index >= 15 is 0 Å². The minimum atomic E-state index is -5.02. The number of carboxylic acid groups (broad SMARTS) is 1. The standard InChI is InChI=1S/C28H17F3O7/c29-28(30,31)26-25(37-18-8-6-17(7-9-18)16-4-2-1-3-5-16)24(32)21-12-10-19(14-23(21)38-26)35-15-20-11-13-22(36-20)27(33)34/h1-14H,15H2,(H,33,34). The van der Waals surface area contributed by atoms with Crippen LogP contribution in [0.5, 0.6) is 17.2 Å². The van der Waals surface area contributed by atoms with Gasteiger partial charge in [0.1, 0.15) is 29.4 Å². The lowest BCUT2D eigenvalue weighted by molar-refractivity contribution is -0.154. The van der Waals surface area contributed by atoms with Gasteiger partial charge in [-0.15, -0.1) is 0 Å². The highest BCUT2D eigenvalue weighted by Crippen LogP contribution is 2.39. The van der Waals surface area contributed by atoms with E-state index in [1.807, 2.05) is 30.3 Å². The summed E-state index contributed by atoms with van der Waals surface area (Å²) in [6, 6.07) is 22.0. The molecule has 0 unspecified atom stereocenters. The van der Waals surface area contributed by atoms with Gasteiger partial charge in [-0.05, 0) is 47.5 Å². The largest absolute Gasteiger partial charge is 0.486 e. The molecule has 192 valence electrons. The normalized spacial score (nSPS) is 11.4. The van der Waals surface area contributed by atoms with Crippen LogP contribution in [0.25, 0.3) is 22.1 Å². The highest BCUT2D eigenvalue weighted by Gasteiger charge is 2.40. The number of ether oxygens (including phenoxy) is 2. The summed E-state index contributed by atoms with van der Waals surface area (Å²) in [7, 11) is 0. The van der Waals surface area contributed by atoms with Gasteiger partial charge in [-0.2, -0.15) is 13.2 Å². The van der Waals surface area contributed by atoms with Crippen LogP contribution < -0.4 is 14.9 Å². The van der Waals surface area contributed by atoms with Gasteiger partial charge in [-0.25, -0.2) is 4.79 Å². The first kappa shape index (κ1) is 24.7. The van der Waals surface area contributed by atoms with Crippen LogP contribution in [-0.2, 0) is 12.8 Å². The molecular weight excluding hydrogens is 505 g/mol. The molecule has 0 aliphatic heterocycles. The number of carboxylic acids is 1. The molecule has 5 aromatic rings. The molecule has 5 rings (SSSR count). The Kier molecular flexibility index (Phi) is 6.38. The van der Waals surface area contributed by atoms with E-state index in [4.69, 9.17) is 23.4 Å². The number of alkyl halides is 3. The number of carbonyl (C=O) groups is 1. The zero-order chi connectivity index (χ0) is 26.9. The van der Waals surface area contributed by atoms with Gasteiger partial charge < -0.3 is 23.4 Å². The molecule has 2 aromatic heterocycles. The lowest BCUT2D eigenvalue weighted by Gasteiger charge is -2.14. The van der Waals surface area contributed by atoms with Crippen LogP contribution in [0, 0.1) is 0 Å². The second-order valence-electron chi connectivity index (χ2n) is 8.10. The van der Waals surface area contributed by atoms with Gasteiger partial charge >= 0.3 is 12.1 Å². The quantitative estimate of drug-likeness (QED) is 0.243. The Labute approximate surface area is 212 Å². The number of hydrogen-bond donors (Lipinski definition) is 1. The van der Waals surface area contributed by atoms with Crippen molar-refractivity contribution in [3.05, 3.63) is 112 Å². The fraction of sp³-hybridized carbons (Fsp3) is 0.0714. The first-order valence-corrected chi connectivity index (χ1v) is 11.2. The van der Waals surface area contributed by atoms with Crippen LogP contribution in [0.4, 0.5) is 13.2 Å². The van der Waals surface area contributed by atoms with Crippen molar-refractivity contribution < 1.29 is 41.4 Å². The number of furan rings is 1. The van der Waals surface area contributed by atoms with Gasteiger partial charge in [0.15, 0.2) is 0 Å². The van der Waals surface area contributed by atoms with Gasteiger partial charge in [-0.3, -0.25) is 4.79 Å². The maximum absolute atomic E-state index is 13.9. The Hall–Kier alpha value is -4.99. The maximum Gasteiger partial charge on any atom is 0.453 e. The summed E-state index contributed by atoms with van der Waals surface area (Å²) < 4.78 is 62.7. The van der Waals surface area contributed by atoms with Crippen molar-refractivity contribution in [1.82, 2.24) is 0 Å². The molecule has 38 heavy (non-hydrogen) atoms.